The standard InChI is InChI=1S/C14H22N4O/c1-4-14(2,3)9-15-12-7-13(17-10-16-12)18-6-5-11(19)8-18/h7,10H,4-6,8-9H2,1-3H3,(H,15,16,17). The summed E-state index contributed by atoms with van der Waals surface area (Å²) in [7, 11) is 0. The van der Waals surface area contributed by atoms with Gasteiger partial charge in [-0.05, 0) is 11.8 Å². The van der Waals surface area contributed by atoms with E-state index >= 15 is 0 Å². The number of ketones is 1. The maximum absolute atomic E-state index is 11.3. The van der Waals surface area contributed by atoms with Gasteiger partial charge in [0.2, 0.25) is 0 Å². The van der Waals surface area contributed by atoms with Crippen molar-refractivity contribution in [3.8, 4) is 0 Å². The van der Waals surface area contributed by atoms with E-state index in [4.69, 9.17) is 0 Å². The fourth-order valence-electron chi connectivity index (χ4n) is 1.90. The van der Waals surface area contributed by atoms with Gasteiger partial charge in [0.15, 0.2) is 5.78 Å². The third kappa shape index (κ3) is 3.66. The third-order valence-corrected chi connectivity index (χ3v) is 3.71. The summed E-state index contributed by atoms with van der Waals surface area (Å²) in [4.78, 5) is 21.8. The van der Waals surface area contributed by atoms with Crippen LogP contribution in [0.2, 0.25) is 0 Å². The Balaban J connectivity index is 2.01. The van der Waals surface area contributed by atoms with Gasteiger partial charge in [-0.1, -0.05) is 20.8 Å². The van der Waals surface area contributed by atoms with E-state index in [0.29, 0.717) is 13.0 Å². The van der Waals surface area contributed by atoms with Gasteiger partial charge in [0, 0.05) is 25.6 Å². The SMILES string of the molecule is CCC(C)(C)CNc1cc(N2CCC(=O)C2)ncn1. The second-order valence-electron chi connectivity index (χ2n) is 5.84. The lowest BCUT2D eigenvalue weighted by molar-refractivity contribution is -0.116. The molecule has 0 aliphatic carbocycles. The topological polar surface area (TPSA) is 58.1 Å². The minimum Gasteiger partial charge on any atom is -0.369 e. The van der Waals surface area contributed by atoms with Gasteiger partial charge in [-0.2, -0.15) is 0 Å². The van der Waals surface area contributed by atoms with E-state index in [-0.39, 0.29) is 11.2 Å². The Morgan fingerprint density at radius 3 is 2.84 bits per heavy atom. The molecule has 1 saturated heterocycles. The molecule has 104 valence electrons. The van der Waals surface area contributed by atoms with Crippen LogP contribution in [0, 0.1) is 5.41 Å². The molecule has 5 nitrogen and oxygen atoms in total. The molecule has 0 atom stereocenters. The first-order chi connectivity index (χ1) is 9.00. The van der Waals surface area contributed by atoms with Crippen LogP contribution >= 0.6 is 0 Å². The number of anilines is 2. The van der Waals surface area contributed by atoms with Gasteiger partial charge in [-0.25, -0.2) is 9.97 Å². The first-order valence-electron chi connectivity index (χ1n) is 6.83. The minimum absolute atomic E-state index is 0.245. The number of rotatable bonds is 5. The number of nitrogens with one attached hydrogen (secondary N) is 1. The molecule has 1 aromatic rings. The largest absolute Gasteiger partial charge is 0.369 e. The van der Waals surface area contributed by atoms with E-state index in [9.17, 15) is 4.79 Å². The van der Waals surface area contributed by atoms with E-state index in [1.807, 2.05) is 11.0 Å². The van der Waals surface area contributed by atoms with Crippen LogP contribution < -0.4 is 10.2 Å². The molecule has 1 N–H and O–H groups in total. The Hall–Kier alpha value is -1.65. The second-order valence-corrected chi connectivity index (χ2v) is 5.84. The van der Waals surface area contributed by atoms with E-state index in [1.54, 1.807) is 6.33 Å². The minimum atomic E-state index is 0.245. The quantitative estimate of drug-likeness (QED) is 0.880. The summed E-state index contributed by atoms with van der Waals surface area (Å²) < 4.78 is 0. The molecule has 19 heavy (non-hydrogen) atoms. The fraction of sp³-hybridized carbons (Fsp3) is 0.643. The van der Waals surface area contributed by atoms with Gasteiger partial charge < -0.3 is 10.2 Å². The molecule has 1 aromatic heterocycles. The zero-order chi connectivity index (χ0) is 13.9. The summed E-state index contributed by atoms with van der Waals surface area (Å²) in [6.45, 7) is 8.73. The van der Waals surface area contributed by atoms with Gasteiger partial charge in [-0.3, -0.25) is 4.79 Å². The zero-order valence-electron chi connectivity index (χ0n) is 11.9. The highest BCUT2D eigenvalue weighted by molar-refractivity contribution is 5.86. The van der Waals surface area contributed by atoms with Gasteiger partial charge in [-0.15, -0.1) is 0 Å². The number of carbonyl (C=O) groups excluding carboxylic acids is 1. The maximum atomic E-state index is 11.3. The summed E-state index contributed by atoms with van der Waals surface area (Å²) in [6.07, 6.45) is 3.29. The molecule has 0 saturated carbocycles. The van der Waals surface area contributed by atoms with Gasteiger partial charge in [0.25, 0.3) is 0 Å². The molecule has 1 fully saturated rings. The number of hydrogen-bond acceptors (Lipinski definition) is 5. The van der Waals surface area contributed by atoms with Crippen LogP contribution in [0.25, 0.3) is 0 Å². The van der Waals surface area contributed by atoms with Crippen LogP contribution in [0.15, 0.2) is 12.4 Å². The molecule has 0 unspecified atom stereocenters. The summed E-state index contributed by atoms with van der Waals surface area (Å²) in [5.74, 6) is 1.93. The van der Waals surface area contributed by atoms with Crippen LogP contribution in [0.5, 0.6) is 0 Å². The number of hydrogen-bond donors (Lipinski definition) is 1. The lowest BCUT2D eigenvalue weighted by Gasteiger charge is -2.23. The molecule has 0 spiro atoms. The number of aromatic nitrogens is 2. The van der Waals surface area contributed by atoms with Crippen LogP contribution in [0.4, 0.5) is 11.6 Å². The van der Waals surface area contributed by atoms with Crippen molar-refractivity contribution in [3.05, 3.63) is 12.4 Å². The van der Waals surface area contributed by atoms with Gasteiger partial charge >= 0.3 is 0 Å². The zero-order valence-corrected chi connectivity index (χ0v) is 11.9. The van der Waals surface area contributed by atoms with Crippen LogP contribution in [-0.2, 0) is 4.79 Å². The molecule has 2 rings (SSSR count). The summed E-state index contributed by atoms with van der Waals surface area (Å²) >= 11 is 0. The third-order valence-electron chi connectivity index (χ3n) is 3.71. The highest BCUT2D eigenvalue weighted by Gasteiger charge is 2.21. The fourth-order valence-corrected chi connectivity index (χ4v) is 1.90. The first kappa shape index (κ1) is 13.8. The van der Waals surface area contributed by atoms with Crippen molar-refractivity contribution in [2.45, 2.75) is 33.6 Å². The smallest absolute Gasteiger partial charge is 0.153 e. The van der Waals surface area contributed by atoms with Crippen molar-refractivity contribution < 1.29 is 4.79 Å². The normalized spacial score (nSPS) is 15.9. The molecule has 0 radical (unpaired) electrons. The van der Waals surface area contributed by atoms with Crippen molar-refractivity contribution >= 4 is 17.4 Å². The molecule has 1 aliphatic rings. The molecule has 0 amide bonds. The van der Waals surface area contributed by atoms with Gasteiger partial charge in [0.1, 0.15) is 18.0 Å². The lowest BCUT2D eigenvalue weighted by atomic mass is 9.90. The Bertz CT molecular complexity index is 459. The maximum Gasteiger partial charge on any atom is 0.153 e. The molecular weight excluding hydrogens is 240 g/mol. The molecule has 1 aliphatic heterocycles. The van der Waals surface area contributed by atoms with Crippen molar-refractivity contribution in [2.75, 3.05) is 29.9 Å². The number of carbonyl (C=O) groups is 1. The molecule has 0 bridgehead atoms. The van der Waals surface area contributed by atoms with Crippen LogP contribution in [-0.4, -0.2) is 35.4 Å². The van der Waals surface area contributed by atoms with Gasteiger partial charge in [0.05, 0.1) is 6.54 Å². The van der Waals surface area contributed by atoms with E-state index in [0.717, 1.165) is 31.1 Å². The molecule has 2 heterocycles. The van der Waals surface area contributed by atoms with Crippen molar-refractivity contribution in [2.24, 2.45) is 5.41 Å². The Morgan fingerprint density at radius 2 is 2.21 bits per heavy atom. The molecule has 5 heteroatoms. The summed E-state index contributed by atoms with van der Waals surface area (Å²) in [5, 5.41) is 3.35. The Kier molecular flexibility index (Phi) is 4.02. The second kappa shape index (κ2) is 5.55. The van der Waals surface area contributed by atoms with Crippen molar-refractivity contribution in [1.82, 2.24) is 9.97 Å². The highest BCUT2D eigenvalue weighted by atomic mass is 16.1. The summed E-state index contributed by atoms with van der Waals surface area (Å²) in [6, 6.07) is 1.92. The summed E-state index contributed by atoms with van der Waals surface area (Å²) in [5.41, 5.74) is 0.245. The number of nitrogens with zero attached hydrogens (tertiary/aromatic N) is 3. The van der Waals surface area contributed by atoms with E-state index in [2.05, 4.69) is 36.1 Å². The monoisotopic (exact) mass is 262 g/mol. The highest BCUT2D eigenvalue weighted by Crippen LogP contribution is 2.22. The van der Waals surface area contributed by atoms with E-state index in [1.165, 1.54) is 0 Å². The van der Waals surface area contributed by atoms with E-state index < -0.39 is 0 Å². The van der Waals surface area contributed by atoms with Crippen LogP contribution in [0.1, 0.15) is 33.6 Å². The molecular formula is C14H22N4O. The van der Waals surface area contributed by atoms with Crippen LogP contribution in [0.3, 0.4) is 0 Å². The lowest BCUT2D eigenvalue weighted by Crippen LogP contribution is -2.24. The Morgan fingerprint density at radius 1 is 1.42 bits per heavy atom. The number of Topliss-reactive ketones (excluding diaryl/α,β-unsaturated/α-hetero) is 1. The molecule has 0 aromatic carbocycles. The predicted octanol–water partition coefficient (Wildman–Crippen LogP) is 2.10. The van der Waals surface area contributed by atoms with Crippen molar-refractivity contribution in [1.29, 1.82) is 0 Å². The predicted molar refractivity (Wildman–Crippen MR) is 76.4 cm³/mol. The van der Waals surface area contributed by atoms with Crippen molar-refractivity contribution in [3.63, 3.8) is 0 Å². The first-order valence-corrected chi connectivity index (χ1v) is 6.83. The average Bonchev–Trinajstić information content (AvgIpc) is 2.84. The Labute approximate surface area is 114 Å². The average molecular weight is 262 g/mol.